The largest absolute Gasteiger partial charge is 0.494 e. The number of amides is 2. The summed E-state index contributed by atoms with van der Waals surface area (Å²) in [6, 6.07) is 42.2. The van der Waals surface area contributed by atoms with E-state index in [2.05, 4.69) is 146 Å². The number of halogens is 8. The predicted molar refractivity (Wildman–Crippen MR) is 565 cm³/mol. The molecular weight excluding hydrogens is 2400 g/mol. The number of nitrogens with zero attached hydrogens (tertiary/aromatic N) is 7. The number of carboxylic acids is 1. The number of rotatable bonds is 40. The number of oxazole rings is 4. The number of carbonyl (C=O) groups excluding carboxylic acids is 6. The number of nitrogens with one attached hydrogen (secondary N) is 8. The minimum absolute atomic E-state index is 0.0214. The van der Waals surface area contributed by atoms with Gasteiger partial charge >= 0.3 is 84.1 Å². The van der Waals surface area contributed by atoms with Crippen molar-refractivity contribution in [2.24, 2.45) is 26.4 Å². The molecule has 0 aliphatic carbocycles. The van der Waals surface area contributed by atoms with E-state index in [1.807, 2.05) is 99.8 Å². The van der Waals surface area contributed by atoms with Gasteiger partial charge in [-0.1, -0.05) is 124 Å². The molecule has 4 atom stereocenters. The number of aromatic nitrogens is 4. The summed E-state index contributed by atoms with van der Waals surface area (Å²) in [4.78, 5) is 107. The van der Waals surface area contributed by atoms with E-state index >= 15 is 0 Å². The van der Waals surface area contributed by atoms with E-state index in [1.54, 1.807) is 62.4 Å². The first-order valence-electron chi connectivity index (χ1n) is 47.6. The van der Waals surface area contributed by atoms with Crippen molar-refractivity contribution in [3.05, 3.63) is 209 Å². The summed E-state index contributed by atoms with van der Waals surface area (Å²) < 4.78 is 120. The number of thioether (sulfide) groups is 1. The normalized spacial score (nSPS) is 13.0. The van der Waals surface area contributed by atoms with Crippen LogP contribution in [0.25, 0.3) is 44.4 Å². The van der Waals surface area contributed by atoms with Crippen LogP contribution in [0.2, 0.25) is 0 Å². The SMILES string of the molecule is CC(=O)[O][Hg][O]C(C)=O.CC(Cc1ccc(OCCCC(=O)NC2=NCCCN2)cc1)Nc1nc2cc(Br)cc(F)c2o1.CCOC(=O)CCCOc1ccc(CC(C)N)cc1.CCOC(=O)CCCOc1ccc(CC(C)Nc2nc3cc(Br)cc(F)c3o2)cc1.CSc1nc2cc(Br)cc(F)c2o1.NC1=NCCCN1.O=C(CCCOc1ccc(CC(Nc2nc3cc(Br)cc(F)c3o2)C(=O)O)cc1)NC1=NCCCN1. The molecule has 0 bridgehead atoms. The number of aliphatic carboxylic acids is 1. The van der Waals surface area contributed by atoms with Gasteiger partial charge in [-0.05, 0) is 224 Å². The van der Waals surface area contributed by atoms with E-state index in [4.69, 9.17) is 57.6 Å². The average molecular weight is 2520 g/mol. The van der Waals surface area contributed by atoms with Gasteiger partial charge < -0.3 is 94.6 Å². The van der Waals surface area contributed by atoms with E-state index in [-0.39, 0.29) is 106 Å². The number of anilines is 3. The van der Waals surface area contributed by atoms with E-state index in [0.29, 0.717) is 161 Å². The molecule has 0 radical (unpaired) electrons. The second-order valence-corrected chi connectivity index (χ2v) is 40.7. The first-order valence-corrected chi connectivity index (χ1v) is 56.5. The summed E-state index contributed by atoms with van der Waals surface area (Å²) in [6.07, 6.45) is 11.2. The second-order valence-electron chi connectivity index (χ2n) is 33.2. The zero-order chi connectivity index (χ0) is 107. The molecule has 148 heavy (non-hydrogen) atoms. The van der Waals surface area contributed by atoms with Crippen molar-refractivity contribution >= 4 is 197 Å². The molecular formula is C101H119Br4F4HgN17O20S. The summed E-state index contributed by atoms with van der Waals surface area (Å²) in [5.74, 6) is 0.318. The van der Waals surface area contributed by atoms with E-state index < -0.39 is 60.8 Å². The van der Waals surface area contributed by atoms with Gasteiger partial charge in [-0.3, -0.25) is 44.8 Å². The maximum absolute atomic E-state index is 14.0. The van der Waals surface area contributed by atoms with Gasteiger partial charge in [0.1, 0.15) is 51.1 Å². The molecule has 15 rings (SSSR count). The zero-order valence-electron chi connectivity index (χ0n) is 82.9. The number of fused-ring (bicyclic) bond motifs is 4. The van der Waals surface area contributed by atoms with Crippen LogP contribution >= 0.6 is 75.5 Å². The van der Waals surface area contributed by atoms with Crippen molar-refractivity contribution in [1.29, 1.82) is 0 Å². The third-order valence-corrected chi connectivity index (χ3v) is 26.9. The van der Waals surface area contributed by atoms with Crippen LogP contribution < -0.4 is 72.9 Å². The van der Waals surface area contributed by atoms with Gasteiger partial charge in [0.15, 0.2) is 63.5 Å². The minimum Gasteiger partial charge on any atom is -0.494 e. The molecule has 8 aromatic carbocycles. The summed E-state index contributed by atoms with van der Waals surface area (Å²) in [5.41, 5.74) is 17.3. The van der Waals surface area contributed by atoms with Crippen LogP contribution in [0.5, 0.6) is 23.0 Å². The zero-order valence-corrected chi connectivity index (χ0v) is 95.5. The van der Waals surface area contributed by atoms with Crippen molar-refractivity contribution in [2.75, 3.05) is 101 Å². The Morgan fingerprint density at radius 1 is 0.453 bits per heavy atom. The Morgan fingerprint density at radius 2 is 0.777 bits per heavy atom. The van der Waals surface area contributed by atoms with Crippen molar-refractivity contribution < 1.29 is 133 Å². The predicted octanol–water partition coefficient (Wildman–Crippen LogP) is 18.4. The number of aliphatic imine (C=N–C) groups is 3. The number of carboxylic acid groups (broad SMARTS) is 1. The Hall–Kier alpha value is -12.4. The van der Waals surface area contributed by atoms with Crippen LogP contribution in [0.15, 0.2) is 201 Å². The Balaban J connectivity index is 0.000000203. The van der Waals surface area contributed by atoms with Gasteiger partial charge in [0.25, 0.3) is 23.3 Å². The standard InChI is InChI=1S/C24H25BrFN5O5.C24H27BrFN5O3.C22H24BrFN2O4.C15H23NO3.C8H5BrFNOS.C4H9N3.2C2H4O2.Hg/c25-15-12-17(26)21-18(13-15)29-24(36-21)30-19(22(33)34)11-14-4-6-16(7-5-14)35-10-1-3-20(32)31-23-27-8-2-9-28-23;1-15(29-24-30-20-14-17(25)13-19(26)22(20)34-24)12-16-5-7-18(8-6-16)33-11-2-4-21(32)31-23-27-9-3-10-28-23;1-3-28-20(27)5-4-10-29-17-8-6-15(7-9-17)11-14(2)25-22-26-19-13-16(23)12-18(24)21(19)30-22;1-3-18-15(17)5-4-10-19-14-8-6-13(7-9-14)11-12(2)16;1-13-8-11-6-3-4(9)2-5(10)7(6)12-8;5-4-6-2-1-3-7-4;2*1-2(3)4;/h4-7,12-13,19H,1-3,8-11H2,(H,29,30)(H,33,34)(H2,27,28,31,32);5-8,13-15H,2-4,9-12H2,1H3,(H,29,30)(H2,27,28,31,32);6-9,12-14H,3-5,10-11H2,1-2H3,(H,25,26);6-9,12H,3-5,10-11,16H2,1-2H3;2-3H,1H3;1-3H2,(H3,5,6,7);2*1H3,(H,3,4);/q;;;;;;;;+2/p-2. The van der Waals surface area contributed by atoms with Gasteiger partial charge in [-0.15, -0.1) is 0 Å². The molecule has 0 saturated heterocycles. The molecule has 0 fully saturated rings. The van der Waals surface area contributed by atoms with Crippen LogP contribution in [0.4, 0.5) is 35.6 Å². The Morgan fingerprint density at radius 3 is 1.08 bits per heavy atom. The molecule has 12 aromatic rings. The molecule has 4 unspecified atom stereocenters. The Kier molecular flexibility index (Phi) is 51.6. The third-order valence-electron chi connectivity index (χ3n) is 20.5. The molecule has 3 aliphatic heterocycles. The molecule has 13 N–H and O–H groups in total. The number of nitrogens with two attached hydrogens (primary N) is 2. The fourth-order valence-electron chi connectivity index (χ4n) is 13.7. The number of carbonyl (C=O) groups is 7. The van der Waals surface area contributed by atoms with Crippen LogP contribution in [0, 0.1) is 23.3 Å². The first-order chi connectivity index (χ1) is 71.1. The van der Waals surface area contributed by atoms with Crippen molar-refractivity contribution in [3.63, 3.8) is 0 Å². The van der Waals surface area contributed by atoms with Crippen molar-refractivity contribution in [2.45, 2.75) is 174 Å². The van der Waals surface area contributed by atoms with Gasteiger partial charge in [0, 0.05) is 107 Å². The summed E-state index contributed by atoms with van der Waals surface area (Å²) in [5, 5.41) is 33.7. The van der Waals surface area contributed by atoms with E-state index in [9.17, 15) is 56.2 Å². The van der Waals surface area contributed by atoms with Gasteiger partial charge in [0.2, 0.25) is 11.8 Å². The molecule has 37 nitrogen and oxygen atoms in total. The number of ether oxygens (including phenoxy) is 6. The number of hydrogen-bond donors (Lipinski definition) is 11. The van der Waals surface area contributed by atoms with Crippen LogP contribution in [-0.4, -0.2) is 194 Å². The fourth-order valence-corrected chi connectivity index (χ4v) is 17.2. The molecule has 3 aliphatic rings. The molecule has 4 aromatic heterocycles. The van der Waals surface area contributed by atoms with Crippen LogP contribution in [0.1, 0.15) is 141 Å². The van der Waals surface area contributed by atoms with E-state index in [0.717, 1.165) is 105 Å². The first kappa shape index (κ1) is 119. The molecule has 47 heteroatoms. The monoisotopic (exact) mass is 2520 g/mol. The molecule has 0 spiro atoms. The summed E-state index contributed by atoms with van der Waals surface area (Å²) in [7, 11) is 0. The minimum atomic E-state index is -2.04. The number of esters is 2. The quantitative estimate of drug-likeness (QED) is 0.00558. The third kappa shape index (κ3) is 44.6. The summed E-state index contributed by atoms with van der Waals surface area (Å²) >= 11 is 12.2. The van der Waals surface area contributed by atoms with Gasteiger partial charge in [-0.25, -0.2) is 27.3 Å². The second kappa shape index (κ2) is 64.1. The number of guanidine groups is 3. The maximum atomic E-state index is 14.0. The van der Waals surface area contributed by atoms with E-state index in [1.165, 1.54) is 55.4 Å². The van der Waals surface area contributed by atoms with Gasteiger partial charge in [0.05, 0.1) is 39.6 Å². The number of hydrogen-bond acceptors (Lipinski definition) is 35. The van der Waals surface area contributed by atoms with Crippen LogP contribution in [-0.2, 0) is 99.5 Å². The Bertz CT molecular complexity index is 6360. The number of benzene rings is 8. The summed E-state index contributed by atoms with van der Waals surface area (Å²) in [6.45, 7) is 19.8. The molecule has 0 saturated carbocycles. The molecule has 2 amide bonds. The molecule has 7 heterocycles. The fraction of sp³-hybridized carbons (Fsp3) is 0.386. The van der Waals surface area contributed by atoms with Crippen molar-refractivity contribution in [3.8, 4) is 23.0 Å². The average Bonchev–Trinajstić information content (AvgIpc) is 1.67. The topological polar surface area (TPSA) is 503 Å². The Labute approximate surface area is 903 Å². The van der Waals surface area contributed by atoms with Gasteiger partial charge in [-0.2, -0.15) is 15.0 Å². The molecule has 792 valence electrons. The smallest absolute Gasteiger partial charge is 0.326 e. The maximum Gasteiger partial charge on any atom is 0.326 e. The van der Waals surface area contributed by atoms with Crippen LogP contribution in [0.3, 0.4) is 0 Å². The van der Waals surface area contributed by atoms with Crippen molar-refractivity contribution in [1.82, 2.24) is 46.5 Å².